The van der Waals surface area contributed by atoms with Crippen LogP contribution in [0.15, 0.2) is 28.0 Å². The predicted octanol–water partition coefficient (Wildman–Crippen LogP) is 2.65. The predicted molar refractivity (Wildman–Crippen MR) is 77.8 cm³/mol. The van der Waals surface area contributed by atoms with Crippen molar-refractivity contribution in [2.45, 2.75) is 28.5 Å². The SMILES string of the molecule is COc1ccc2c(c1)CCC(Sc1nncs1)C2N. The van der Waals surface area contributed by atoms with E-state index in [1.54, 1.807) is 35.7 Å². The minimum atomic E-state index is 0.0450. The summed E-state index contributed by atoms with van der Waals surface area (Å²) in [5.41, 5.74) is 10.7. The number of hydrogen-bond acceptors (Lipinski definition) is 6. The molecule has 0 saturated heterocycles. The molecule has 0 spiro atoms. The molecule has 2 unspecified atom stereocenters. The van der Waals surface area contributed by atoms with Gasteiger partial charge in [0.15, 0.2) is 4.34 Å². The van der Waals surface area contributed by atoms with Crippen LogP contribution in [0.1, 0.15) is 23.6 Å². The molecule has 1 heterocycles. The van der Waals surface area contributed by atoms with Crippen molar-refractivity contribution in [2.75, 3.05) is 7.11 Å². The van der Waals surface area contributed by atoms with E-state index >= 15 is 0 Å². The summed E-state index contributed by atoms with van der Waals surface area (Å²) in [5.74, 6) is 0.904. The minimum Gasteiger partial charge on any atom is -0.497 e. The van der Waals surface area contributed by atoms with Crippen LogP contribution in [0.4, 0.5) is 0 Å². The molecule has 0 fully saturated rings. The number of fused-ring (bicyclic) bond motifs is 1. The van der Waals surface area contributed by atoms with Gasteiger partial charge in [0.05, 0.1) is 7.11 Å². The fourth-order valence-electron chi connectivity index (χ4n) is 2.40. The molecule has 0 amide bonds. The van der Waals surface area contributed by atoms with E-state index in [-0.39, 0.29) is 6.04 Å². The molecule has 1 aromatic carbocycles. The lowest BCUT2D eigenvalue weighted by molar-refractivity contribution is 0.413. The Labute approximate surface area is 120 Å². The molecule has 2 aromatic rings. The van der Waals surface area contributed by atoms with Gasteiger partial charge in [-0.05, 0) is 36.1 Å². The first-order chi connectivity index (χ1) is 9.28. The highest BCUT2D eigenvalue weighted by atomic mass is 32.2. The molecule has 2 atom stereocenters. The lowest BCUT2D eigenvalue weighted by Gasteiger charge is -2.30. The zero-order chi connectivity index (χ0) is 13.2. The highest BCUT2D eigenvalue weighted by molar-refractivity contribution is 8.01. The van der Waals surface area contributed by atoms with Crippen LogP contribution in [0.5, 0.6) is 5.75 Å². The summed E-state index contributed by atoms with van der Waals surface area (Å²) in [7, 11) is 1.69. The van der Waals surface area contributed by atoms with Gasteiger partial charge in [0.25, 0.3) is 0 Å². The standard InChI is InChI=1S/C13H15N3OS2/c1-17-9-3-4-10-8(6-9)2-5-11(12(10)14)19-13-16-15-7-18-13/h3-4,6-7,11-12H,2,5,14H2,1H3. The quantitative estimate of drug-likeness (QED) is 0.942. The minimum absolute atomic E-state index is 0.0450. The molecular weight excluding hydrogens is 278 g/mol. The molecule has 0 radical (unpaired) electrons. The van der Waals surface area contributed by atoms with Crippen LogP contribution >= 0.6 is 23.1 Å². The Morgan fingerprint density at radius 2 is 2.37 bits per heavy atom. The van der Waals surface area contributed by atoms with Gasteiger partial charge in [0, 0.05) is 11.3 Å². The van der Waals surface area contributed by atoms with Gasteiger partial charge in [0.1, 0.15) is 11.3 Å². The fourth-order valence-corrected chi connectivity index (χ4v) is 4.29. The lowest BCUT2D eigenvalue weighted by atomic mass is 9.87. The number of hydrogen-bond donors (Lipinski definition) is 1. The molecule has 3 rings (SSSR count). The first kappa shape index (κ1) is 12.9. The fraction of sp³-hybridized carbons (Fsp3) is 0.385. The molecule has 1 aromatic heterocycles. The number of methoxy groups -OCH3 is 1. The summed E-state index contributed by atoms with van der Waals surface area (Å²) in [6.45, 7) is 0. The Bertz CT molecular complexity index is 559. The highest BCUT2D eigenvalue weighted by Crippen LogP contribution is 2.40. The van der Waals surface area contributed by atoms with Gasteiger partial charge in [-0.3, -0.25) is 0 Å². The van der Waals surface area contributed by atoms with Crippen molar-refractivity contribution in [2.24, 2.45) is 5.73 Å². The summed E-state index contributed by atoms with van der Waals surface area (Å²) in [6, 6.07) is 6.21. The van der Waals surface area contributed by atoms with E-state index in [9.17, 15) is 0 Å². The van der Waals surface area contributed by atoms with Gasteiger partial charge in [-0.15, -0.1) is 10.2 Å². The van der Waals surface area contributed by atoms with E-state index in [1.165, 1.54) is 11.1 Å². The molecular formula is C13H15N3OS2. The first-order valence-corrected chi connectivity index (χ1v) is 7.89. The third-order valence-corrected chi connectivity index (χ3v) is 5.58. The van der Waals surface area contributed by atoms with Gasteiger partial charge < -0.3 is 10.5 Å². The smallest absolute Gasteiger partial charge is 0.174 e. The van der Waals surface area contributed by atoms with E-state index in [4.69, 9.17) is 10.5 Å². The number of aromatic nitrogens is 2. The van der Waals surface area contributed by atoms with Crippen LogP contribution < -0.4 is 10.5 Å². The average molecular weight is 293 g/mol. The van der Waals surface area contributed by atoms with E-state index in [2.05, 4.69) is 22.3 Å². The number of aryl methyl sites for hydroxylation is 1. The summed E-state index contributed by atoms with van der Waals surface area (Å²) < 4.78 is 6.26. The monoisotopic (exact) mass is 293 g/mol. The summed E-state index contributed by atoms with van der Waals surface area (Å²) in [4.78, 5) is 0. The van der Waals surface area contributed by atoms with E-state index < -0.39 is 0 Å². The second kappa shape index (κ2) is 5.48. The molecule has 0 aliphatic heterocycles. The van der Waals surface area contributed by atoms with Crippen LogP contribution in [0.2, 0.25) is 0 Å². The second-order valence-electron chi connectivity index (χ2n) is 4.49. The molecule has 4 nitrogen and oxygen atoms in total. The van der Waals surface area contributed by atoms with Crippen molar-refractivity contribution in [1.29, 1.82) is 0 Å². The topological polar surface area (TPSA) is 61.0 Å². The van der Waals surface area contributed by atoms with Gasteiger partial charge in [-0.25, -0.2) is 0 Å². The van der Waals surface area contributed by atoms with Crippen molar-refractivity contribution >= 4 is 23.1 Å². The van der Waals surface area contributed by atoms with Crippen LogP contribution in [0, 0.1) is 0 Å². The van der Waals surface area contributed by atoms with Gasteiger partial charge in [-0.2, -0.15) is 0 Å². The summed E-state index contributed by atoms with van der Waals surface area (Å²) in [5, 5.41) is 8.32. The molecule has 19 heavy (non-hydrogen) atoms. The zero-order valence-corrected chi connectivity index (χ0v) is 12.2. The number of nitrogens with two attached hydrogens (primary N) is 1. The molecule has 0 bridgehead atoms. The van der Waals surface area contributed by atoms with Gasteiger partial charge in [0.2, 0.25) is 0 Å². The Morgan fingerprint density at radius 3 is 3.11 bits per heavy atom. The molecule has 100 valence electrons. The molecule has 6 heteroatoms. The van der Waals surface area contributed by atoms with Crippen molar-refractivity contribution in [3.63, 3.8) is 0 Å². The maximum absolute atomic E-state index is 6.39. The Hall–Kier alpha value is -1.11. The Balaban J connectivity index is 1.81. The average Bonchev–Trinajstić information content (AvgIpc) is 2.94. The van der Waals surface area contributed by atoms with Crippen molar-refractivity contribution in [1.82, 2.24) is 10.2 Å². The number of benzene rings is 1. The maximum Gasteiger partial charge on any atom is 0.174 e. The van der Waals surface area contributed by atoms with Crippen LogP contribution in [-0.4, -0.2) is 22.6 Å². The third kappa shape index (κ3) is 2.61. The van der Waals surface area contributed by atoms with E-state index in [0.717, 1.165) is 22.9 Å². The van der Waals surface area contributed by atoms with Crippen molar-refractivity contribution < 1.29 is 4.74 Å². The maximum atomic E-state index is 6.39. The highest BCUT2D eigenvalue weighted by Gasteiger charge is 2.28. The lowest BCUT2D eigenvalue weighted by Crippen LogP contribution is -2.29. The van der Waals surface area contributed by atoms with E-state index in [0.29, 0.717) is 5.25 Å². The number of rotatable bonds is 3. The van der Waals surface area contributed by atoms with Crippen molar-refractivity contribution in [3.8, 4) is 5.75 Å². The number of ether oxygens (including phenoxy) is 1. The Morgan fingerprint density at radius 1 is 1.47 bits per heavy atom. The second-order valence-corrected chi connectivity index (χ2v) is 6.81. The number of thioether (sulfide) groups is 1. The molecule has 2 N–H and O–H groups in total. The number of nitrogens with zero attached hydrogens (tertiary/aromatic N) is 2. The van der Waals surface area contributed by atoms with Crippen LogP contribution in [-0.2, 0) is 6.42 Å². The summed E-state index contributed by atoms with van der Waals surface area (Å²) in [6.07, 6.45) is 2.10. The third-order valence-electron chi connectivity index (χ3n) is 3.40. The normalized spacial score (nSPS) is 22.0. The Kier molecular flexibility index (Phi) is 3.72. The largest absolute Gasteiger partial charge is 0.497 e. The molecule has 0 saturated carbocycles. The zero-order valence-electron chi connectivity index (χ0n) is 10.6. The van der Waals surface area contributed by atoms with Gasteiger partial charge >= 0.3 is 0 Å². The molecule has 1 aliphatic rings. The van der Waals surface area contributed by atoms with Gasteiger partial charge in [-0.1, -0.05) is 29.2 Å². The summed E-state index contributed by atoms with van der Waals surface area (Å²) >= 11 is 3.31. The van der Waals surface area contributed by atoms with Crippen molar-refractivity contribution in [3.05, 3.63) is 34.8 Å². The van der Waals surface area contributed by atoms with Crippen LogP contribution in [0.25, 0.3) is 0 Å². The van der Waals surface area contributed by atoms with E-state index in [1.807, 2.05) is 6.07 Å². The molecule has 1 aliphatic carbocycles. The van der Waals surface area contributed by atoms with Crippen LogP contribution in [0.3, 0.4) is 0 Å². The first-order valence-electron chi connectivity index (χ1n) is 6.13.